The molecule has 0 saturated carbocycles. The van der Waals surface area contributed by atoms with E-state index in [9.17, 15) is 23.3 Å². The summed E-state index contributed by atoms with van der Waals surface area (Å²) in [5.74, 6) is 0.331. The average Bonchev–Trinajstić information content (AvgIpc) is 3.21. The van der Waals surface area contributed by atoms with Gasteiger partial charge in [-0.3, -0.25) is 19.5 Å². The van der Waals surface area contributed by atoms with Gasteiger partial charge in [-0.1, -0.05) is 0 Å². The molecule has 5 rings (SSSR count). The fourth-order valence-electron chi connectivity index (χ4n) is 4.36. The smallest absolute Gasteiger partial charge is 0.370 e. The van der Waals surface area contributed by atoms with Crippen LogP contribution >= 0.6 is 0 Å². The van der Waals surface area contributed by atoms with Gasteiger partial charge in [0.2, 0.25) is 0 Å². The first-order chi connectivity index (χ1) is 15.3. The number of hydrogen-bond acceptors (Lipinski definition) is 6. The van der Waals surface area contributed by atoms with Crippen molar-refractivity contribution in [3.63, 3.8) is 0 Å². The van der Waals surface area contributed by atoms with Crippen LogP contribution in [0.5, 0.6) is 0 Å². The molecule has 1 unspecified atom stereocenters. The molecule has 1 fully saturated rings. The van der Waals surface area contributed by atoms with E-state index in [0.717, 1.165) is 37.3 Å². The van der Waals surface area contributed by atoms with Gasteiger partial charge in [-0.2, -0.15) is 13.2 Å². The maximum Gasteiger partial charge on any atom is 0.417 e. The van der Waals surface area contributed by atoms with Crippen LogP contribution in [0.3, 0.4) is 0 Å². The number of non-ortho nitro benzene ring substituents is 1. The van der Waals surface area contributed by atoms with Crippen LogP contribution in [0.2, 0.25) is 0 Å². The van der Waals surface area contributed by atoms with E-state index in [1.54, 1.807) is 18.3 Å². The number of halogens is 3. The average molecular weight is 442 g/mol. The van der Waals surface area contributed by atoms with Crippen LogP contribution in [-0.4, -0.2) is 37.6 Å². The molecular weight excluding hydrogens is 425 g/mol. The van der Waals surface area contributed by atoms with Crippen molar-refractivity contribution in [2.75, 3.05) is 18.0 Å². The normalized spacial score (nSPS) is 17.2. The van der Waals surface area contributed by atoms with Crippen molar-refractivity contribution in [3.05, 3.63) is 70.4 Å². The van der Waals surface area contributed by atoms with E-state index >= 15 is 0 Å². The van der Waals surface area contributed by atoms with Crippen LogP contribution in [0.25, 0.3) is 16.4 Å². The lowest BCUT2D eigenvalue weighted by Gasteiger charge is -2.34. The van der Waals surface area contributed by atoms with Gasteiger partial charge in [0.05, 0.1) is 15.9 Å². The Hall–Kier alpha value is -3.76. The highest BCUT2D eigenvalue weighted by molar-refractivity contribution is 5.99. The van der Waals surface area contributed by atoms with Crippen molar-refractivity contribution in [2.24, 2.45) is 0 Å². The largest absolute Gasteiger partial charge is 0.417 e. The number of aromatic nitrogens is 4. The van der Waals surface area contributed by atoms with Gasteiger partial charge in [-0.25, -0.2) is 0 Å². The number of alkyl halides is 3. The van der Waals surface area contributed by atoms with Crippen LogP contribution in [0.4, 0.5) is 24.5 Å². The van der Waals surface area contributed by atoms with E-state index in [-0.39, 0.29) is 11.6 Å². The zero-order chi connectivity index (χ0) is 22.5. The summed E-state index contributed by atoms with van der Waals surface area (Å²) >= 11 is 0. The minimum absolute atomic E-state index is 0.0199. The zero-order valence-electron chi connectivity index (χ0n) is 16.7. The molecule has 0 amide bonds. The molecule has 11 heteroatoms. The molecule has 4 aromatic rings. The first kappa shape index (κ1) is 20.2. The molecule has 1 atom stereocenters. The van der Waals surface area contributed by atoms with Gasteiger partial charge >= 0.3 is 6.18 Å². The summed E-state index contributed by atoms with van der Waals surface area (Å²) in [6, 6.07) is 7.23. The fourth-order valence-corrected chi connectivity index (χ4v) is 4.36. The number of nitro benzene ring substituents is 1. The molecule has 0 bridgehead atoms. The summed E-state index contributed by atoms with van der Waals surface area (Å²) in [7, 11) is 0. The Bertz CT molecular complexity index is 1340. The summed E-state index contributed by atoms with van der Waals surface area (Å²) in [6.45, 7) is 1.22. The van der Waals surface area contributed by atoms with Gasteiger partial charge in [0.25, 0.3) is 5.69 Å². The molecule has 32 heavy (non-hydrogen) atoms. The van der Waals surface area contributed by atoms with Gasteiger partial charge < -0.3 is 4.90 Å². The van der Waals surface area contributed by atoms with Gasteiger partial charge in [-0.05, 0) is 37.1 Å². The number of benzene rings is 1. The maximum absolute atomic E-state index is 13.2. The molecule has 1 aliphatic heterocycles. The summed E-state index contributed by atoms with van der Waals surface area (Å²) < 4.78 is 41.0. The Morgan fingerprint density at radius 1 is 1.09 bits per heavy atom. The third kappa shape index (κ3) is 3.39. The maximum atomic E-state index is 13.2. The second kappa shape index (κ2) is 7.43. The van der Waals surface area contributed by atoms with Crippen molar-refractivity contribution in [1.29, 1.82) is 0 Å². The SMILES string of the molecule is O=[N+]([O-])c1ccc(N2CCCC(c3nnc4ccc(C(F)(F)F)cn34)C2)c2ccncc12. The first-order valence-electron chi connectivity index (χ1n) is 10.0. The topological polar surface area (TPSA) is 89.5 Å². The number of pyridine rings is 2. The Balaban J connectivity index is 1.52. The second-order valence-electron chi connectivity index (χ2n) is 7.77. The van der Waals surface area contributed by atoms with E-state index in [0.29, 0.717) is 28.8 Å². The Labute approximate surface area is 179 Å². The summed E-state index contributed by atoms with van der Waals surface area (Å²) in [4.78, 5) is 17.1. The number of nitro groups is 1. The molecule has 1 saturated heterocycles. The van der Waals surface area contributed by atoms with Crippen LogP contribution in [0.15, 0.2) is 48.9 Å². The molecule has 0 spiro atoms. The van der Waals surface area contributed by atoms with Crippen molar-refractivity contribution in [3.8, 4) is 0 Å². The number of anilines is 1. The van der Waals surface area contributed by atoms with Crippen LogP contribution in [-0.2, 0) is 6.18 Å². The Morgan fingerprint density at radius 2 is 1.94 bits per heavy atom. The molecule has 4 heterocycles. The van der Waals surface area contributed by atoms with Crippen molar-refractivity contribution < 1.29 is 18.1 Å². The highest BCUT2D eigenvalue weighted by Gasteiger charge is 2.32. The van der Waals surface area contributed by atoms with E-state index in [2.05, 4.69) is 20.1 Å². The van der Waals surface area contributed by atoms with Gasteiger partial charge in [-0.15, -0.1) is 10.2 Å². The molecule has 1 aliphatic rings. The molecule has 164 valence electrons. The third-order valence-electron chi connectivity index (χ3n) is 5.85. The minimum Gasteiger partial charge on any atom is -0.370 e. The Kier molecular flexibility index (Phi) is 4.68. The lowest BCUT2D eigenvalue weighted by Crippen LogP contribution is -2.35. The number of rotatable bonds is 3. The highest BCUT2D eigenvalue weighted by atomic mass is 19.4. The lowest BCUT2D eigenvalue weighted by molar-refractivity contribution is -0.383. The van der Waals surface area contributed by atoms with Crippen LogP contribution in [0, 0.1) is 10.1 Å². The molecule has 8 nitrogen and oxygen atoms in total. The minimum atomic E-state index is -4.46. The first-order valence-corrected chi connectivity index (χ1v) is 10.0. The number of piperidine rings is 1. The van der Waals surface area contributed by atoms with Gasteiger partial charge in [0, 0.05) is 54.7 Å². The predicted octanol–water partition coefficient (Wildman–Crippen LogP) is 4.59. The zero-order valence-corrected chi connectivity index (χ0v) is 16.7. The van der Waals surface area contributed by atoms with Crippen LogP contribution in [0.1, 0.15) is 30.1 Å². The van der Waals surface area contributed by atoms with Crippen LogP contribution < -0.4 is 4.90 Å². The van der Waals surface area contributed by atoms with Crippen molar-refractivity contribution >= 4 is 27.8 Å². The molecule has 0 N–H and O–H groups in total. The fraction of sp³-hybridized carbons (Fsp3) is 0.286. The van der Waals surface area contributed by atoms with Crippen molar-refractivity contribution in [2.45, 2.75) is 24.9 Å². The summed E-state index contributed by atoms with van der Waals surface area (Å²) in [6.07, 6.45) is 1.18. The standard InChI is InChI=1S/C21H17F3N6O2/c22-21(23,24)14-3-6-19-26-27-20(29(19)12-14)13-2-1-9-28(11-13)17-4-5-18(30(31)32)16-10-25-8-7-15(16)17/h3-8,10,12-13H,1-2,9,11H2. The van der Waals surface area contributed by atoms with E-state index in [4.69, 9.17) is 0 Å². The van der Waals surface area contributed by atoms with E-state index in [1.807, 2.05) is 0 Å². The van der Waals surface area contributed by atoms with E-state index < -0.39 is 16.7 Å². The molecule has 0 radical (unpaired) electrons. The number of fused-ring (bicyclic) bond motifs is 2. The van der Waals surface area contributed by atoms with E-state index in [1.165, 1.54) is 22.7 Å². The van der Waals surface area contributed by atoms with Gasteiger partial charge in [0.15, 0.2) is 5.65 Å². The Morgan fingerprint density at radius 3 is 2.72 bits per heavy atom. The summed E-state index contributed by atoms with van der Waals surface area (Å²) in [5.41, 5.74) is 0.403. The molecule has 3 aromatic heterocycles. The predicted molar refractivity (Wildman–Crippen MR) is 111 cm³/mol. The second-order valence-corrected chi connectivity index (χ2v) is 7.77. The van der Waals surface area contributed by atoms with Gasteiger partial charge in [0.1, 0.15) is 5.82 Å². The monoisotopic (exact) mass is 442 g/mol. The van der Waals surface area contributed by atoms with Crippen molar-refractivity contribution in [1.82, 2.24) is 19.6 Å². The highest BCUT2D eigenvalue weighted by Crippen LogP contribution is 2.37. The quantitative estimate of drug-likeness (QED) is 0.341. The molecule has 1 aromatic carbocycles. The molecule has 0 aliphatic carbocycles. The summed E-state index contributed by atoms with van der Waals surface area (Å²) in [5, 5.41) is 20.8. The number of nitrogens with zero attached hydrogens (tertiary/aromatic N) is 6. The lowest BCUT2D eigenvalue weighted by atomic mass is 9.95. The third-order valence-corrected chi connectivity index (χ3v) is 5.85. The number of hydrogen-bond donors (Lipinski definition) is 0. The molecular formula is C21H17F3N6O2.